The summed E-state index contributed by atoms with van der Waals surface area (Å²) in [5.41, 5.74) is 2.82. The standard InChI is InChI=1S/C21H23N5O2S/c27-19(6-7-20-24-21(25-28-20)17-4-2-8-22-14-17)23-18-5-1-3-16(13-18)15-26-9-11-29-12-10-26/h1-5,8,13-14H,6-7,9-12,15H2,(H,23,27). The Labute approximate surface area is 173 Å². The van der Waals surface area contributed by atoms with Crippen LogP contribution in [0.25, 0.3) is 11.4 Å². The first kappa shape index (κ1) is 19.6. The summed E-state index contributed by atoms with van der Waals surface area (Å²) in [5, 5.41) is 6.92. The number of aromatic nitrogens is 3. The van der Waals surface area contributed by atoms with E-state index in [2.05, 4.69) is 31.4 Å². The molecular weight excluding hydrogens is 386 g/mol. The molecule has 1 fully saturated rings. The van der Waals surface area contributed by atoms with Crippen molar-refractivity contribution in [3.05, 3.63) is 60.2 Å². The molecule has 150 valence electrons. The fourth-order valence-electron chi connectivity index (χ4n) is 3.18. The van der Waals surface area contributed by atoms with Crippen LogP contribution in [0.3, 0.4) is 0 Å². The highest BCUT2D eigenvalue weighted by molar-refractivity contribution is 7.99. The lowest BCUT2D eigenvalue weighted by molar-refractivity contribution is -0.116. The Morgan fingerprint density at radius 3 is 2.93 bits per heavy atom. The summed E-state index contributed by atoms with van der Waals surface area (Å²) in [6.45, 7) is 3.16. The maximum atomic E-state index is 12.3. The van der Waals surface area contributed by atoms with Crippen LogP contribution in [0.5, 0.6) is 0 Å². The summed E-state index contributed by atoms with van der Waals surface area (Å²) >= 11 is 2.01. The van der Waals surface area contributed by atoms with Gasteiger partial charge in [0.25, 0.3) is 0 Å². The molecule has 1 saturated heterocycles. The smallest absolute Gasteiger partial charge is 0.227 e. The average Bonchev–Trinajstić information content (AvgIpc) is 3.23. The molecule has 0 spiro atoms. The van der Waals surface area contributed by atoms with Crippen molar-refractivity contribution in [1.29, 1.82) is 0 Å². The first-order chi connectivity index (χ1) is 14.3. The van der Waals surface area contributed by atoms with Crippen LogP contribution in [0.1, 0.15) is 17.9 Å². The molecule has 0 radical (unpaired) electrons. The van der Waals surface area contributed by atoms with Gasteiger partial charge in [0.05, 0.1) is 0 Å². The van der Waals surface area contributed by atoms with Crippen molar-refractivity contribution in [2.24, 2.45) is 0 Å². The summed E-state index contributed by atoms with van der Waals surface area (Å²) in [6.07, 6.45) is 4.04. The molecule has 0 saturated carbocycles. The molecule has 0 atom stereocenters. The molecule has 0 bridgehead atoms. The van der Waals surface area contributed by atoms with Gasteiger partial charge in [0, 0.05) is 67.6 Å². The molecule has 1 N–H and O–H groups in total. The maximum absolute atomic E-state index is 12.3. The Bertz CT molecular complexity index is 941. The van der Waals surface area contributed by atoms with Crippen LogP contribution in [-0.2, 0) is 17.8 Å². The Morgan fingerprint density at radius 1 is 1.21 bits per heavy atom. The van der Waals surface area contributed by atoms with Gasteiger partial charge >= 0.3 is 0 Å². The first-order valence-electron chi connectivity index (χ1n) is 9.68. The second-order valence-corrected chi connectivity index (χ2v) is 8.12. The topological polar surface area (TPSA) is 84.1 Å². The lowest BCUT2D eigenvalue weighted by atomic mass is 10.1. The van der Waals surface area contributed by atoms with Crippen LogP contribution in [0, 0.1) is 0 Å². The lowest BCUT2D eigenvalue weighted by Crippen LogP contribution is -2.31. The van der Waals surface area contributed by atoms with Gasteiger partial charge in [-0.2, -0.15) is 16.7 Å². The normalized spacial score (nSPS) is 14.6. The number of nitrogens with one attached hydrogen (secondary N) is 1. The average molecular weight is 410 g/mol. The van der Waals surface area contributed by atoms with E-state index in [9.17, 15) is 4.79 Å². The van der Waals surface area contributed by atoms with Gasteiger partial charge in [0.15, 0.2) is 0 Å². The van der Waals surface area contributed by atoms with Crippen LogP contribution >= 0.6 is 11.8 Å². The summed E-state index contributed by atoms with van der Waals surface area (Å²) in [5.74, 6) is 3.23. The van der Waals surface area contributed by atoms with Gasteiger partial charge in [-0.1, -0.05) is 17.3 Å². The van der Waals surface area contributed by atoms with Crippen molar-refractivity contribution >= 4 is 23.4 Å². The van der Waals surface area contributed by atoms with Gasteiger partial charge in [-0.3, -0.25) is 14.7 Å². The van der Waals surface area contributed by atoms with Crippen LogP contribution in [0.2, 0.25) is 0 Å². The number of benzene rings is 1. The van der Waals surface area contributed by atoms with Crippen LogP contribution in [0.15, 0.2) is 53.3 Å². The fourth-order valence-corrected chi connectivity index (χ4v) is 4.16. The van der Waals surface area contributed by atoms with E-state index < -0.39 is 0 Å². The van der Waals surface area contributed by atoms with E-state index in [1.807, 2.05) is 42.1 Å². The second kappa shape index (κ2) is 9.67. The van der Waals surface area contributed by atoms with Crippen LogP contribution in [-0.4, -0.2) is 50.5 Å². The van der Waals surface area contributed by atoms with Crippen molar-refractivity contribution < 1.29 is 9.32 Å². The SMILES string of the molecule is O=C(CCc1nc(-c2cccnc2)no1)Nc1cccc(CN2CCSCC2)c1. The van der Waals surface area contributed by atoms with E-state index in [4.69, 9.17) is 4.52 Å². The number of thioether (sulfide) groups is 1. The Kier molecular flexibility index (Phi) is 6.53. The Morgan fingerprint density at radius 2 is 2.10 bits per heavy atom. The molecule has 3 heterocycles. The van der Waals surface area contributed by atoms with Gasteiger partial charge in [0.2, 0.25) is 17.6 Å². The maximum Gasteiger partial charge on any atom is 0.227 e. The van der Waals surface area contributed by atoms with Gasteiger partial charge in [0.1, 0.15) is 0 Å². The quantitative estimate of drug-likeness (QED) is 0.641. The predicted molar refractivity (Wildman–Crippen MR) is 114 cm³/mol. The zero-order chi connectivity index (χ0) is 19.9. The summed E-state index contributed by atoms with van der Waals surface area (Å²) in [6, 6.07) is 11.7. The summed E-state index contributed by atoms with van der Waals surface area (Å²) in [4.78, 5) is 23.2. The first-order valence-corrected chi connectivity index (χ1v) is 10.8. The molecule has 1 amide bonds. The second-order valence-electron chi connectivity index (χ2n) is 6.89. The summed E-state index contributed by atoms with van der Waals surface area (Å²) in [7, 11) is 0. The highest BCUT2D eigenvalue weighted by Gasteiger charge is 2.13. The molecule has 1 aromatic carbocycles. The Hall–Kier alpha value is -2.71. The molecule has 8 heteroatoms. The van der Waals surface area contributed by atoms with Gasteiger partial charge in [-0.15, -0.1) is 0 Å². The van der Waals surface area contributed by atoms with E-state index in [1.165, 1.54) is 17.1 Å². The van der Waals surface area contributed by atoms with E-state index in [0.29, 0.717) is 18.1 Å². The van der Waals surface area contributed by atoms with Crippen molar-refractivity contribution in [1.82, 2.24) is 20.0 Å². The van der Waals surface area contributed by atoms with Crippen molar-refractivity contribution in [2.75, 3.05) is 29.9 Å². The van der Waals surface area contributed by atoms with E-state index in [1.54, 1.807) is 12.4 Å². The van der Waals surface area contributed by atoms with Gasteiger partial charge in [-0.05, 0) is 29.8 Å². The number of aryl methyl sites for hydroxylation is 1. The van der Waals surface area contributed by atoms with E-state index in [0.717, 1.165) is 30.9 Å². The molecular formula is C21H23N5O2S. The van der Waals surface area contributed by atoms with Crippen LogP contribution < -0.4 is 5.32 Å². The molecule has 7 nitrogen and oxygen atoms in total. The minimum atomic E-state index is -0.0716. The molecule has 2 aromatic heterocycles. The molecule has 1 aliphatic heterocycles. The number of carbonyl (C=O) groups excluding carboxylic acids is 1. The minimum absolute atomic E-state index is 0.0716. The zero-order valence-corrected chi connectivity index (χ0v) is 16.9. The number of hydrogen-bond donors (Lipinski definition) is 1. The third-order valence-corrected chi connectivity index (χ3v) is 5.62. The van der Waals surface area contributed by atoms with E-state index in [-0.39, 0.29) is 12.3 Å². The number of amides is 1. The molecule has 3 aromatic rings. The van der Waals surface area contributed by atoms with Crippen molar-refractivity contribution in [3.63, 3.8) is 0 Å². The number of pyridine rings is 1. The molecule has 1 aliphatic rings. The fraction of sp³-hybridized carbons (Fsp3) is 0.333. The molecule has 4 rings (SSSR count). The van der Waals surface area contributed by atoms with E-state index >= 15 is 0 Å². The minimum Gasteiger partial charge on any atom is -0.339 e. The van der Waals surface area contributed by atoms with Crippen LogP contribution in [0.4, 0.5) is 5.69 Å². The van der Waals surface area contributed by atoms with Gasteiger partial charge < -0.3 is 9.84 Å². The monoisotopic (exact) mass is 409 g/mol. The predicted octanol–water partition coefficient (Wildman–Crippen LogP) is 3.25. The van der Waals surface area contributed by atoms with Crippen molar-refractivity contribution in [3.8, 4) is 11.4 Å². The molecule has 0 aliphatic carbocycles. The number of hydrogen-bond acceptors (Lipinski definition) is 7. The summed E-state index contributed by atoms with van der Waals surface area (Å²) < 4.78 is 5.25. The highest BCUT2D eigenvalue weighted by Crippen LogP contribution is 2.17. The van der Waals surface area contributed by atoms with Crippen molar-refractivity contribution in [2.45, 2.75) is 19.4 Å². The number of anilines is 1. The lowest BCUT2D eigenvalue weighted by Gasteiger charge is -2.26. The third kappa shape index (κ3) is 5.65. The number of carbonyl (C=O) groups is 1. The largest absolute Gasteiger partial charge is 0.339 e. The highest BCUT2D eigenvalue weighted by atomic mass is 32.2. The third-order valence-electron chi connectivity index (χ3n) is 4.67. The number of nitrogens with zero attached hydrogens (tertiary/aromatic N) is 4. The Balaban J connectivity index is 1.28. The van der Waals surface area contributed by atoms with Gasteiger partial charge in [-0.25, -0.2) is 0 Å². The molecule has 29 heavy (non-hydrogen) atoms. The molecule has 0 unspecified atom stereocenters. The zero-order valence-electron chi connectivity index (χ0n) is 16.1. The number of rotatable bonds is 7.